The summed E-state index contributed by atoms with van der Waals surface area (Å²) in [7, 11) is 0. The van der Waals surface area contributed by atoms with Crippen LogP contribution in [0.15, 0.2) is 53.5 Å². The summed E-state index contributed by atoms with van der Waals surface area (Å²) in [6, 6.07) is 13.0. The number of fused-ring (bicyclic) bond motifs is 1. The summed E-state index contributed by atoms with van der Waals surface area (Å²) in [6.45, 7) is 2.92. The minimum atomic E-state index is -1.17. The molecule has 186 valence electrons. The van der Waals surface area contributed by atoms with Gasteiger partial charge in [0.05, 0.1) is 12.3 Å². The second kappa shape index (κ2) is 12.0. The molecule has 0 radical (unpaired) electrons. The maximum atomic E-state index is 12.7. The molecule has 0 aliphatic carbocycles. The number of nitrogens with zero attached hydrogens (tertiary/aromatic N) is 1. The summed E-state index contributed by atoms with van der Waals surface area (Å²) in [4.78, 5) is 28.6. The summed E-state index contributed by atoms with van der Waals surface area (Å²) in [5, 5.41) is 25.9. The first kappa shape index (κ1) is 24.9. The Bertz CT molecular complexity index is 1050. The molecule has 0 saturated carbocycles. The summed E-state index contributed by atoms with van der Waals surface area (Å²) < 4.78 is 5.84. The maximum Gasteiger partial charge on any atom is 0.326 e. The average molecular weight is 480 g/mol. The lowest BCUT2D eigenvalue weighted by molar-refractivity contribution is -0.141. The number of piperidine rings is 1. The number of aliphatic hydroxyl groups is 1. The zero-order valence-electron chi connectivity index (χ0n) is 19.8. The number of hydrogen-bond donors (Lipinski definition) is 4. The fraction of sp³-hybridized carbons (Fsp3) is 0.444. The van der Waals surface area contributed by atoms with Crippen molar-refractivity contribution in [2.75, 3.05) is 19.7 Å². The number of rotatable bonds is 11. The molecular formula is C27H33N3O5. The number of aliphatic carboxylic acids is 1. The summed E-state index contributed by atoms with van der Waals surface area (Å²) in [5.41, 5.74) is 1.71. The minimum Gasteiger partial charge on any atom is -0.494 e. The van der Waals surface area contributed by atoms with E-state index in [-0.39, 0.29) is 12.1 Å². The highest BCUT2D eigenvalue weighted by Gasteiger charge is 2.32. The van der Waals surface area contributed by atoms with E-state index in [2.05, 4.69) is 15.6 Å². The van der Waals surface area contributed by atoms with Gasteiger partial charge >= 0.3 is 5.97 Å². The molecule has 1 fully saturated rings. The van der Waals surface area contributed by atoms with Crippen LogP contribution in [-0.4, -0.2) is 53.5 Å². The third kappa shape index (κ3) is 6.68. The van der Waals surface area contributed by atoms with Crippen LogP contribution in [0.3, 0.4) is 0 Å². The number of ether oxygens (including phenoxy) is 1. The summed E-state index contributed by atoms with van der Waals surface area (Å²) >= 11 is 0. The van der Waals surface area contributed by atoms with Crippen molar-refractivity contribution in [2.45, 2.75) is 50.7 Å². The molecule has 1 unspecified atom stereocenters. The first-order valence-electron chi connectivity index (χ1n) is 12.3. The first-order valence-corrected chi connectivity index (χ1v) is 12.3. The van der Waals surface area contributed by atoms with Crippen molar-refractivity contribution in [1.82, 2.24) is 10.6 Å². The SMILES string of the molecule is O=C(N[C@@H](Cc1ccc(OCCCCC2CCNCC2)cc1)C(=O)O)C1=Nc2ccccc2C1O. The van der Waals surface area contributed by atoms with Crippen molar-refractivity contribution >= 4 is 23.3 Å². The van der Waals surface area contributed by atoms with Gasteiger partial charge in [-0.25, -0.2) is 9.79 Å². The number of carbonyl (C=O) groups excluding carboxylic acids is 1. The fourth-order valence-corrected chi connectivity index (χ4v) is 4.62. The number of carbonyl (C=O) groups is 2. The van der Waals surface area contributed by atoms with Crippen molar-refractivity contribution in [2.24, 2.45) is 10.9 Å². The van der Waals surface area contributed by atoms with E-state index in [9.17, 15) is 19.8 Å². The van der Waals surface area contributed by atoms with Crippen molar-refractivity contribution in [3.8, 4) is 5.75 Å². The number of para-hydroxylation sites is 1. The molecule has 2 heterocycles. The van der Waals surface area contributed by atoms with Crippen molar-refractivity contribution in [3.05, 3.63) is 59.7 Å². The Balaban J connectivity index is 1.24. The first-order chi connectivity index (χ1) is 17.0. The van der Waals surface area contributed by atoms with Crippen LogP contribution in [0, 0.1) is 5.92 Å². The summed E-state index contributed by atoms with van der Waals surface area (Å²) in [6.07, 6.45) is 4.89. The molecule has 2 aliphatic rings. The number of aliphatic hydroxyl groups excluding tert-OH is 1. The number of aliphatic imine (C=N–C) groups is 1. The Morgan fingerprint density at radius 1 is 1.09 bits per heavy atom. The lowest BCUT2D eigenvalue weighted by atomic mass is 9.93. The topological polar surface area (TPSA) is 120 Å². The van der Waals surface area contributed by atoms with Crippen LogP contribution in [0.25, 0.3) is 0 Å². The van der Waals surface area contributed by atoms with E-state index in [0.717, 1.165) is 43.2 Å². The van der Waals surface area contributed by atoms with Crippen molar-refractivity contribution in [3.63, 3.8) is 0 Å². The predicted molar refractivity (Wildman–Crippen MR) is 133 cm³/mol. The van der Waals surface area contributed by atoms with Crippen LogP contribution < -0.4 is 15.4 Å². The van der Waals surface area contributed by atoms with Gasteiger partial charge in [-0.1, -0.05) is 36.8 Å². The number of hydrogen-bond acceptors (Lipinski definition) is 6. The van der Waals surface area contributed by atoms with Gasteiger partial charge in [0.15, 0.2) is 0 Å². The van der Waals surface area contributed by atoms with Crippen LogP contribution in [-0.2, 0) is 16.0 Å². The van der Waals surface area contributed by atoms with Gasteiger partial charge in [-0.05, 0) is 68.5 Å². The third-order valence-corrected chi connectivity index (χ3v) is 6.66. The highest BCUT2D eigenvalue weighted by atomic mass is 16.5. The normalized spacial score (nSPS) is 18.4. The molecule has 0 bridgehead atoms. The standard InChI is InChI=1S/C27H33N3O5/c31-25-21-6-1-2-7-22(21)29-24(25)26(32)30-23(27(33)34)17-19-8-10-20(11-9-19)35-16-4-3-5-18-12-14-28-15-13-18/h1-2,6-11,18,23,25,28,31H,3-5,12-17H2,(H,30,32)(H,33,34)/t23-,25?/m0/s1. The number of unbranched alkanes of at least 4 members (excludes halogenated alkanes) is 1. The Hall–Kier alpha value is -3.23. The van der Waals surface area contributed by atoms with Crippen molar-refractivity contribution in [1.29, 1.82) is 0 Å². The van der Waals surface area contributed by atoms with Crippen LogP contribution in [0.2, 0.25) is 0 Å². The monoisotopic (exact) mass is 479 g/mol. The molecule has 0 aromatic heterocycles. The quantitative estimate of drug-likeness (QED) is 0.368. The fourth-order valence-electron chi connectivity index (χ4n) is 4.62. The molecule has 35 heavy (non-hydrogen) atoms. The molecule has 4 rings (SSSR count). The molecule has 2 aromatic rings. The smallest absolute Gasteiger partial charge is 0.326 e. The number of benzene rings is 2. The van der Waals surface area contributed by atoms with Gasteiger partial charge in [-0.2, -0.15) is 0 Å². The predicted octanol–water partition coefficient (Wildman–Crippen LogP) is 3.17. The Morgan fingerprint density at radius 2 is 1.83 bits per heavy atom. The van der Waals surface area contributed by atoms with E-state index in [1.54, 1.807) is 24.3 Å². The summed E-state index contributed by atoms with van der Waals surface area (Å²) in [5.74, 6) is -0.270. The Labute approximate surface area is 205 Å². The van der Waals surface area contributed by atoms with Crippen molar-refractivity contribution < 1.29 is 24.5 Å². The van der Waals surface area contributed by atoms with E-state index in [1.807, 2.05) is 24.3 Å². The highest BCUT2D eigenvalue weighted by molar-refractivity contribution is 6.42. The molecule has 1 saturated heterocycles. The lowest BCUT2D eigenvalue weighted by Crippen LogP contribution is -2.46. The largest absolute Gasteiger partial charge is 0.494 e. The van der Waals surface area contributed by atoms with E-state index < -0.39 is 24.0 Å². The van der Waals surface area contributed by atoms with Crippen LogP contribution in [0.1, 0.15) is 49.3 Å². The Morgan fingerprint density at radius 3 is 2.54 bits per heavy atom. The molecule has 8 heteroatoms. The molecule has 2 aliphatic heterocycles. The van der Waals surface area contributed by atoms with Crippen LogP contribution in [0.5, 0.6) is 5.75 Å². The van der Waals surface area contributed by atoms with Gasteiger partial charge < -0.3 is 25.6 Å². The third-order valence-electron chi connectivity index (χ3n) is 6.66. The maximum absolute atomic E-state index is 12.7. The van der Waals surface area contributed by atoms with Crippen LogP contribution >= 0.6 is 0 Å². The van der Waals surface area contributed by atoms with E-state index >= 15 is 0 Å². The van der Waals surface area contributed by atoms with Gasteiger partial charge in [0.1, 0.15) is 23.6 Å². The minimum absolute atomic E-state index is 0.0960. The van der Waals surface area contributed by atoms with E-state index in [4.69, 9.17) is 4.74 Å². The molecule has 8 nitrogen and oxygen atoms in total. The Kier molecular flexibility index (Phi) is 8.50. The van der Waals surface area contributed by atoms with Gasteiger partial charge in [-0.3, -0.25) is 4.79 Å². The second-order valence-corrected chi connectivity index (χ2v) is 9.21. The second-order valence-electron chi connectivity index (χ2n) is 9.21. The van der Waals surface area contributed by atoms with Gasteiger partial charge in [-0.15, -0.1) is 0 Å². The van der Waals surface area contributed by atoms with E-state index in [0.29, 0.717) is 17.9 Å². The highest BCUT2D eigenvalue weighted by Crippen LogP contribution is 2.33. The number of nitrogens with one attached hydrogen (secondary N) is 2. The van der Waals surface area contributed by atoms with E-state index in [1.165, 1.54) is 19.3 Å². The van der Waals surface area contributed by atoms with Gasteiger partial charge in [0.25, 0.3) is 5.91 Å². The average Bonchev–Trinajstić information content (AvgIpc) is 3.21. The van der Waals surface area contributed by atoms with Gasteiger partial charge in [0.2, 0.25) is 0 Å². The number of carboxylic acids is 1. The zero-order valence-corrected chi connectivity index (χ0v) is 19.8. The van der Waals surface area contributed by atoms with Crippen LogP contribution in [0.4, 0.5) is 5.69 Å². The zero-order chi connectivity index (χ0) is 24.6. The number of carboxylic acid groups (broad SMARTS) is 1. The molecule has 1 amide bonds. The molecule has 2 aromatic carbocycles. The molecular weight excluding hydrogens is 446 g/mol. The molecule has 0 spiro atoms. The number of amides is 1. The van der Waals surface area contributed by atoms with Gasteiger partial charge in [0, 0.05) is 12.0 Å². The lowest BCUT2D eigenvalue weighted by Gasteiger charge is -2.22. The molecule has 4 N–H and O–H groups in total. The molecule has 2 atom stereocenters.